The molecule has 0 saturated heterocycles. The van der Waals surface area contributed by atoms with Crippen molar-refractivity contribution in [1.82, 2.24) is 15.8 Å². The summed E-state index contributed by atoms with van der Waals surface area (Å²) < 4.78 is 21.4. The molecule has 45 heavy (non-hydrogen) atoms. The van der Waals surface area contributed by atoms with Crippen molar-refractivity contribution in [2.24, 2.45) is 0 Å². The summed E-state index contributed by atoms with van der Waals surface area (Å²) in [5.74, 6) is 0. The minimum atomic E-state index is -0.0351. The van der Waals surface area contributed by atoms with Crippen molar-refractivity contribution >= 4 is 0 Å². The highest BCUT2D eigenvalue weighted by Gasteiger charge is 2.25. The smallest absolute Gasteiger partial charge is 0.273 e. The second kappa shape index (κ2) is 17.5. The third-order valence-electron chi connectivity index (χ3n) is 8.29. The molecule has 0 atom stereocenters. The first-order valence-electron chi connectivity index (χ1n) is 17.0. The molecule has 0 aliphatic carbocycles. The highest BCUT2D eigenvalue weighted by atomic mass is 16.5. The normalized spacial score (nSPS) is 11.5. The van der Waals surface area contributed by atoms with Crippen LogP contribution in [0.2, 0.25) is 0 Å². The molecule has 246 valence electrons. The van der Waals surface area contributed by atoms with E-state index in [1.165, 1.54) is 38.5 Å². The van der Waals surface area contributed by atoms with Crippen molar-refractivity contribution in [1.29, 1.82) is 16.2 Å². The van der Waals surface area contributed by atoms with Crippen LogP contribution in [0.15, 0.2) is 31.8 Å². The first kappa shape index (κ1) is 33.9. The lowest BCUT2D eigenvalue weighted by Gasteiger charge is -2.08. The second-order valence-electron chi connectivity index (χ2n) is 12.0. The molecule has 0 saturated carbocycles. The molecule has 4 rings (SSSR count). The summed E-state index contributed by atoms with van der Waals surface area (Å²) in [7, 11) is 0. The molecular weight excluding hydrogens is 570 g/mol. The number of benzene rings is 1. The SMILES string of the molecule is CCCCCCC[n+]1[n-]oc(=N)c1-c1cc(-c2c(=N)o[n-][n+]2CCCCCCC)cc(-c2c(=N)o[n-][n+]2CCCCCCC)c1. The summed E-state index contributed by atoms with van der Waals surface area (Å²) in [5.41, 5.74) is 3.66. The maximum Gasteiger partial charge on any atom is 0.273 e. The van der Waals surface area contributed by atoms with Crippen LogP contribution in [0.4, 0.5) is 0 Å². The van der Waals surface area contributed by atoms with Gasteiger partial charge in [-0.2, -0.15) is 0 Å². The van der Waals surface area contributed by atoms with Crippen molar-refractivity contribution in [3.05, 3.63) is 34.9 Å². The van der Waals surface area contributed by atoms with Gasteiger partial charge < -0.3 is 13.6 Å². The molecule has 12 nitrogen and oxygen atoms in total. The molecule has 12 heteroatoms. The minimum Gasteiger partial charge on any atom is -0.486 e. The summed E-state index contributed by atoms with van der Waals surface area (Å²) in [6.07, 6.45) is 16.6. The zero-order valence-electron chi connectivity index (χ0n) is 27.4. The third kappa shape index (κ3) is 9.04. The monoisotopic (exact) mass is 621 g/mol. The number of rotatable bonds is 21. The van der Waals surface area contributed by atoms with E-state index < -0.39 is 0 Å². The largest absolute Gasteiger partial charge is 0.486 e. The maximum absolute atomic E-state index is 8.63. The fourth-order valence-corrected chi connectivity index (χ4v) is 5.81. The lowest BCUT2D eigenvalue weighted by molar-refractivity contribution is -0.758. The second-order valence-corrected chi connectivity index (χ2v) is 12.0. The van der Waals surface area contributed by atoms with Crippen LogP contribution in [-0.4, -0.2) is 0 Å². The van der Waals surface area contributed by atoms with Gasteiger partial charge in [0, 0.05) is 19.3 Å². The summed E-state index contributed by atoms with van der Waals surface area (Å²) in [6.45, 7) is 8.48. The first-order chi connectivity index (χ1) is 22.0. The van der Waals surface area contributed by atoms with E-state index in [1.807, 2.05) is 18.2 Å². The van der Waals surface area contributed by atoms with Gasteiger partial charge in [-0.15, -0.1) is 0 Å². The lowest BCUT2D eigenvalue weighted by Crippen LogP contribution is -2.42. The van der Waals surface area contributed by atoms with Crippen molar-refractivity contribution in [2.75, 3.05) is 0 Å². The lowest BCUT2D eigenvalue weighted by atomic mass is 9.99. The maximum atomic E-state index is 8.63. The Balaban J connectivity index is 1.76. The van der Waals surface area contributed by atoms with Gasteiger partial charge in [0.1, 0.15) is 19.6 Å². The summed E-state index contributed by atoms with van der Waals surface area (Å²) in [5, 5.41) is 38.5. The van der Waals surface area contributed by atoms with E-state index in [4.69, 9.17) is 29.8 Å². The molecule has 4 aromatic rings. The third-order valence-corrected chi connectivity index (χ3v) is 8.29. The van der Waals surface area contributed by atoms with Crippen molar-refractivity contribution < 1.29 is 27.6 Å². The topological polar surface area (TPSA) is 165 Å². The van der Waals surface area contributed by atoms with Gasteiger partial charge >= 0.3 is 0 Å². The van der Waals surface area contributed by atoms with E-state index in [-0.39, 0.29) is 16.7 Å². The molecule has 0 aliphatic rings. The number of aryl methyl sites for hydroxylation is 3. The average Bonchev–Trinajstić information content (AvgIpc) is 3.72. The van der Waals surface area contributed by atoms with Crippen molar-refractivity contribution in [2.45, 2.75) is 137 Å². The van der Waals surface area contributed by atoms with Gasteiger partial charge in [0.25, 0.3) is 33.7 Å². The summed E-state index contributed by atoms with van der Waals surface area (Å²) in [6, 6.07) is 5.81. The Labute approximate surface area is 264 Å². The van der Waals surface area contributed by atoms with Crippen LogP contribution in [0.3, 0.4) is 0 Å². The van der Waals surface area contributed by atoms with E-state index in [9.17, 15) is 0 Å². The van der Waals surface area contributed by atoms with Crippen LogP contribution in [-0.2, 0) is 19.6 Å². The quantitative estimate of drug-likeness (QED) is 0.0912. The minimum absolute atomic E-state index is 0.0351. The van der Waals surface area contributed by atoms with Crippen LogP contribution in [0.5, 0.6) is 0 Å². The Morgan fingerprint density at radius 1 is 0.444 bits per heavy atom. The van der Waals surface area contributed by atoms with Gasteiger partial charge in [0.2, 0.25) is 0 Å². The number of unbranched alkanes of at least 4 members (excludes halogenated alkanes) is 12. The van der Waals surface area contributed by atoms with E-state index in [0.29, 0.717) is 53.4 Å². The number of hydrogen-bond donors (Lipinski definition) is 3. The number of aromatic nitrogens is 6. The molecule has 0 amide bonds. The molecule has 3 aromatic heterocycles. The highest BCUT2D eigenvalue weighted by molar-refractivity contribution is 5.74. The van der Waals surface area contributed by atoms with Crippen LogP contribution < -0.4 is 46.5 Å². The first-order valence-corrected chi connectivity index (χ1v) is 17.0. The van der Waals surface area contributed by atoms with E-state index in [1.54, 1.807) is 14.0 Å². The average molecular weight is 622 g/mol. The van der Waals surface area contributed by atoms with E-state index in [0.717, 1.165) is 57.8 Å². The van der Waals surface area contributed by atoms with Gasteiger partial charge in [-0.3, -0.25) is 32.0 Å². The molecule has 3 heterocycles. The molecule has 3 N–H and O–H groups in total. The molecule has 1 aromatic carbocycles. The van der Waals surface area contributed by atoms with Crippen LogP contribution in [0.25, 0.3) is 33.8 Å². The Morgan fingerprint density at radius 2 is 0.711 bits per heavy atom. The predicted molar refractivity (Wildman–Crippen MR) is 164 cm³/mol. The van der Waals surface area contributed by atoms with E-state index >= 15 is 0 Å². The molecular formula is C33H51N9O3. The fraction of sp³-hybridized carbons (Fsp3) is 0.636. The van der Waals surface area contributed by atoms with Gasteiger partial charge in [0.15, 0.2) is 0 Å². The van der Waals surface area contributed by atoms with Crippen LogP contribution in [0.1, 0.15) is 117 Å². The number of nitrogens with one attached hydrogen (secondary N) is 3. The molecule has 0 radical (unpaired) electrons. The summed E-state index contributed by atoms with van der Waals surface area (Å²) in [4.78, 5) is 0. The molecule has 0 bridgehead atoms. The van der Waals surface area contributed by atoms with E-state index in [2.05, 4.69) is 36.6 Å². The van der Waals surface area contributed by atoms with Gasteiger partial charge in [-0.25, -0.2) is 14.0 Å². The molecule has 0 spiro atoms. The standard InChI is InChI=1S/C33H51N9O3/c1-4-7-10-13-16-19-40-28(31(34)43-37-40)25-22-26(29-32(35)44-38-41(29)20-17-14-11-8-5-2)24-27(23-25)30-33(36)45-39-42(30)21-18-15-12-9-6-3/h22-24,34-36H,4-21H2,1-3H3. The van der Waals surface area contributed by atoms with Crippen molar-refractivity contribution in [3.63, 3.8) is 0 Å². The number of hydrogen-bond acceptors (Lipinski definition) is 6. The van der Waals surface area contributed by atoms with Gasteiger partial charge in [-0.1, -0.05) is 78.6 Å². The summed E-state index contributed by atoms with van der Waals surface area (Å²) >= 11 is 0. The zero-order chi connectivity index (χ0) is 32.0. The fourth-order valence-electron chi connectivity index (χ4n) is 5.81. The Morgan fingerprint density at radius 3 is 0.978 bits per heavy atom. The van der Waals surface area contributed by atoms with Gasteiger partial charge in [0.05, 0.1) is 16.7 Å². The molecule has 0 fully saturated rings. The predicted octanol–water partition coefficient (Wildman–Crippen LogP) is 4.55. The van der Waals surface area contributed by atoms with Crippen LogP contribution >= 0.6 is 0 Å². The molecule has 0 unspecified atom stereocenters. The van der Waals surface area contributed by atoms with Gasteiger partial charge in [-0.05, 0) is 37.5 Å². The van der Waals surface area contributed by atoms with Crippen molar-refractivity contribution in [3.8, 4) is 33.8 Å². The Kier molecular flexibility index (Phi) is 13.2. The zero-order valence-corrected chi connectivity index (χ0v) is 27.4. The number of nitrogens with zero attached hydrogens (tertiary/aromatic N) is 6. The Bertz CT molecular complexity index is 1430. The Hall–Kier alpha value is -3.96. The highest BCUT2D eigenvalue weighted by Crippen LogP contribution is 2.27. The van der Waals surface area contributed by atoms with Crippen LogP contribution in [0, 0.1) is 16.2 Å². The molecule has 0 aliphatic heterocycles.